The molecule has 4 bridgehead atoms. The maximum absolute atomic E-state index is 12.8. The van der Waals surface area contributed by atoms with Gasteiger partial charge in [-0.2, -0.15) is 0 Å². The van der Waals surface area contributed by atoms with Gasteiger partial charge in [0.15, 0.2) is 0 Å². The van der Waals surface area contributed by atoms with Crippen molar-refractivity contribution in [3.63, 3.8) is 0 Å². The third-order valence-corrected chi connectivity index (χ3v) is 6.07. The number of rotatable bonds is 6. The zero-order valence-corrected chi connectivity index (χ0v) is 14.4. The molecule has 1 aromatic rings. The highest BCUT2D eigenvalue weighted by Crippen LogP contribution is 2.61. The lowest BCUT2D eigenvalue weighted by Crippen LogP contribution is -2.58. The Morgan fingerprint density at radius 2 is 1.80 bits per heavy atom. The number of ether oxygens (including phenoxy) is 2. The van der Waals surface area contributed by atoms with Gasteiger partial charge in [0.05, 0.1) is 24.2 Å². The Morgan fingerprint density at radius 3 is 2.44 bits per heavy atom. The van der Waals surface area contributed by atoms with Gasteiger partial charge in [-0.15, -0.1) is 0 Å². The molecule has 4 fully saturated rings. The standard InChI is InChI=1S/C20H25FO4/c21-16-2-4-17(5-3-16)24-6-1-7-25-18(22)19-9-14-8-15(10-19)12-20(23,11-14)13-19/h2-5,14-15,23H,1,6-13H2. The van der Waals surface area contributed by atoms with Gasteiger partial charge >= 0.3 is 5.97 Å². The van der Waals surface area contributed by atoms with Gasteiger partial charge in [0.2, 0.25) is 0 Å². The van der Waals surface area contributed by atoms with E-state index in [1.165, 1.54) is 12.1 Å². The highest BCUT2D eigenvalue weighted by Gasteiger charge is 2.60. The van der Waals surface area contributed by atoms with Crippen molar-refractivity contribution in [3.05, 3.63) is 30.1 Å². The van der Waals surface area contributed by atoms with Crippen LogP contribution in [0.2, 0.25) is 0 Å². The first-order valence-electron chi connectivity index (χ1n) is 9.24. The van der Waals surface area contributed by atoms with Crippen LogP contribution >= 0.6 is 0 Å². The molecule has 5 heteroatoms. The molecule has 0 heterocycles. The Bertz CT molecular complexity index is 628. The van der Waals surface area contributed by atoms with Crippen LogP contribution in [-0.2, 0) is 9.53 Å². The predicted octanol–water partition coefficient (Wildman–Crippen LogP) is 3.47. The fraction of sp³-hybridized carbons (Fsp3) is 0.650. The molecule has 4 aliphatic rings. The van der Waals surface area contributed by atoms with E-state index in [1.54, 1.807) is 12.1 Å². The summed E-state index contributed by atoms with van der Waals surface area (Å²) in [5.41, 5.74) is -1.11. The van der Waals surface area contributed by atoms with Gasteiger partial charge in [-0.1, -0.05) is 0 Å². The van der Waals surface area contributed by atoms with Gasteiger partial charge in [0, 0.05) is 6.42 Å². The number of halogens is 1. The zero-order valence-electron chi connectivity index (χ0n) is 14.4. The molecule has 25 heavy (non-hydrogen) atoms. The van der Waals surface area contributed by atoms with Crippen LogP contribution < -0.4 is 4.74 Å². The maximum Gasteiger partial charge on any atom is 0.312 e. The van der Waals surface area contributed by atoms with Gasteiger partial charge in [-0.25, -0.2) is 4.39 Å². The fourth-order valence-corrected chi connectivity index (χ4v) is 5.55. The van der Waals surface area contributed by atoms with Crippen molar-refractivity contribution in [1.29, 1.82) is 0 Å². The second-order valence-electron chi connectivity index (χ2n) is 8.26. The first kappa shape index (κ1) is 16.8. The van der Waals surface area contributed by atoms with E-state index in [0.29, 0.717) is 43.6 Å². The number of hydrogen-bond donors (Lipinski definition) is 1. The maximum atomic E-state index is 12.8. The number of aliphatic hydroxyl groups is 1. The molecule has 4 aliphatic carbocycles. The summed E-state index contributed by atoms with van der Waals surface area (Å²) in [5, 5.41) is 10.7. The Morgan fingerprint density at radius 1 is 1.12 bits per heavy atom. The Kier molecular flexibility index (Phi) is 4.22. The van der Waals surface area contributed by atoms with Gasteiger partial charge in [0.1, 0.15) is 11.6 Å². The molecule has 2 unspecified atom stereocenters. The molecule has 4 nitrogen and oxygen atoms in total. The van der Waals surface area contributed by atoms with Gasteiger partial charge in [-0.05, 0) is 74.6 Å². The quantitative estimate of drug-likeness (QED) is 0.632. The smallest absolute Gasteiger partial charge is 0.312 e. The molecule has 1 N–H and O–H groups in total. The summed E-state index contributed by atoms with van der Waals surface area (Å²) in [7, 11) is 0. The molecule has 0 aromatic heterocycles. The van der Waals surface area contributed by atoms with E-state index in [0.717, 1.165) is 32.1 Å². The highest BCUT2D eigenvalue weighted by atomic mass is 19.1. The SMILES string of the molecule is O=C(OCCCOc1ccc(F)cc1)C12CC3CC(CC(O)(C3)C1)C2. The monoisotopic (exact) mass is 348 g/mol. The van der Waals surface area contributed by atoms with Gasteiger partial charge in [-0.3, -0.25) is 4.79 Å². The summed E-state index contributed by atoms with van der Waals surface area (Å²) in [5.74, 6) is 1.12. The first-order chi connectivity index (χ1) is 12.0. The lowest BCUT2D eigenvalue weighted by molar-refractivity contribution is -0.196. The van der Waals surface area contributed by atoms with Crippen molar-refractivity contribution in [2.45, 2.75) is 50.5 Å². The molecule has 0 spiro atoms. The fourth-order valence-electron chi connectivity index (χ4n) is 5.55. The summed E-state index contributed by atoms with van der Waals surface area (Å²) in [6.07, 6.45) is 5.76. The largest absolute Gasteiger partial charge is 0.493 e. The Hall–Kier alpha value is -1.62. The van der Waals surface area contributed by atoms with E-state index in [4.69, 9.17) is 9.47 Å². The number of carbonyl (C=O) groups excluding carboxylic acids is 1. The molecule has 2 atom stereocenters. The van der Waals surface area contributed by atoms with Crippen LogP contribution in [0.15, 0.2) is 24.3 Å². The van der Waals surface area contributed by atoms with E-state index < -0.39 is 11.0 Å². The Balaban J connectivity index is 1.25. The van der Waals surface area contributed by atoms with Crippen molar-refractivity contribution in [3.8, 4) is 5.75 Å². The van der Waals surface area contributed by atoms with E-state index >= 15 is 0 Å². The van der Waals surface area contributed by atoms with Crippen molar-refractivity contribution >= 4 is 5.97 Å². The van der Waals surface area contributed by atoms with E-state index in [-0.39, 0.29) is 11.8 Å². The summed E-state index contributed by atoms with van der Waals surface area (Å²) in [4.78, 5) is 12.7. The highest BCUT2D eigenvalue weighted by molar-refractivity contribution is 5.77. The van der Waals surface area contributed by atoms with Crippen molar-refractivity contribution < 1.29 is 23.8 Å². The normalized spacial score (nSPS) is 35.6. The van der Waals surface area contributed by atoms with E-state index in [2.05, 4.69) is 0 Å². The molecule has 0 aliphatic heterocycles. The minimum Gasteiger partial charge on any atom is -0.493 e. The number of hydrogen-bond acceptors (Lipinski definition) is 4. The van der Waals surface area contributed by atoms with Crippen molar-refractivity contribution in [2.24, 2.45) is 17.3 Å². The zero-order chi connectivity index (χ0) is 17.5. The lowest BCUT2D eigenvalue weighted by atomic mass is 9.48. The second-order valence-corrected chi connectivity index (χ2v) is 8.26. The number of benzene rings is 1. The third-order valence-electron chi connectivity index (χ3n) is 6.07. The third kappa shape index (κ3) is 3.39. The molecule has 4 saturated carbocycles. The van der Waals surface area contributed by atoms with Crippen LogP contribution in [0.4, 0.5) is 4.39 Å². The molecular weight excluding hydrogens is 323 g/mol. The summed E-state index contributed by atoms with van der Waals surface area (Å²) >= 11 is 0. The number of carbonyl (C=O) groups is 1. The van der Waals surface area contributed by atoms with Gasteiger partial charge < -0.3 is 14.6 Å². The first-order valence-corrected chi connectivity index (χ1v) is 9.24. The Labute approximate surface area is 147 Å². The van der Waals surface area contributed by atoms with Gasteiger partial charge in [0.25, 0.3) is 0 Å². The average Bonchev–Trinajstić information content (AvgIpc) is 2.54. The second kappa shape index (κ2) is 6.27. The molecule has 0 radical (unpaired) electrons. The minimum absolute atomic E-state index is 0.137. The summed E-state index contributed by atoms with van der Waals surface area (Å²) < 4.78 is 23.9. The van der Waals surface area contributed by atoms with Crippen molar-refractivity contribution in [2.75, 3.05) is 13.2 Å². The minimum atomic E-state index is -0.644. The van der Waals surface area contributed by atoms with Crippen LogP contribution in [0, 0.1) is 23.1 Å². The molecule has 5 rings (SSSR count). The number of esters is 1. The molecular formula is C20H25FO4. The van der Waals surface area contributed by atoms with Crippen LogP contribution in [0.25, 0.3) is 0 Å². The van der Waals surface area contributed by atoms with Crippen molar-refractivity contribution in [1.82, 2.24) is 0 Å². The summed E-state index contributed by atoms with van der Waals surface area (Å²) in [6, 6.07) is 5.87. The topological polar surface area (TPSA) is 55.8 Å². The van der Waals surface area contributed by atoms with Crippen LogP contribution in [0.5, 0.6) is 5.75 Å². The lowest BCUT2D eigenvalue weighted by Gasteiger charge is -2.58. The summed E-state index contributed by atoms with van der Waals surface area (Å²) in [6.45, 7) is 0.733. The van der Waals surface area contributed by atoms with E-state index in [1.807, 2.05) is 0 Å². The molecule has 1 aromatic carbocycles. The molecule has 136 valence electrons. The van der Waals surface area contributed by atoms with Crippen LogP contribution in [-0.4, -0.2) is 29.9 Å². The van der Waals surface area contributed by atoms with Crippen LogP contribution in [0.3, 0.4) is 0 Å². The molecule has 0 amide bonds. The average molecular weight is 348 g/mol. The predicted molar refractivity (Wildman–Crippen MR) is 89.5 cm³/mol. The van der Waals surface area contributed by atoms with Crippen LogP contribution in [0.1, 0.15) is 44.9 Å². The molecule has 0 saturated heterocycles. The van der Waals surface area contributed by atoms with E-state index in [9.17, 15) is 14.3 Å².